The SMILES string of the molecule is COc1ccc(OC)c(-c2csc(NC(=O)CSc3ccc(NC(C)=O)cc3)n2)c1. The highest BCUT2D eigenvalue weighted by molar-refractivity contribution is 8.00. The number of rotatable bonds is 8. The molecule has 1 heterocycles. The number of nitrogens with zero attached hydrogens (tertiary/aromatic N) is 1. The Bertz CT molecular complexity index is 1030. The second-order valence-electron chi connectivity index (χ2n) is 6.15. The van der Waals surface area contributed by atoms with Crippen LogP contribution in [0.25, 0.3) is 11.3 Å². The van der Waals surface area contributed by atoms with Gasteiger partial charge in [0.1, 0.15) is 11.5 Å². The molecule has 7 nitrogen and oxygen atoms in total. The summed E-state index contributed by atoms with van der Waals surface area (Å²) in [5, 5.41) is 7.91. The number of aromatic nitrogens is 1. The molecule has 0 aliphatic rings. The predicted molar refractivity (Wildman–Crippen MR) is 121 cm³/mol. The summed E-state index contributed by atoms with van der Waals surface area (Å²) in [6, 6.07) is 12.8. The van der Waals surface area contributed by atoms with Crippen LogP contribution in [0.15, 0.2) is 52.7 Å². The molecule has 0 saturated heterocycles. The summed E-state index contributed by atoms with van der Waals surface area (Å²) in [6.07, 6.45) is 0. The third-order valence-electron chi connectivity index (χ3n) is 3.98. The molecule has 0 radical (unpaired) electrons. The molecule has 0 bridgehead atoms. The number of methoxy groups -OCH3 is 2. The number of carbonyl (C=O) groups excluding carboxylic acids is 2. The molecule has 156 valence electrons. The van der Waals surface area contributed by atoms with Crippen molar-refractivity contribution >= 4 is 45.7 Å². The number of nitrogens with one attached hydrogen (secondary N) is 2. The van der Waals surface area contributed by atoms with Gasteiger partial charge in [0, 0.05) is 28.5 Å². The van der Waals surface area contributed by atoms with Gasteiger partial charge in [-0.25, -0.2) is 4.98 Å². The number of amides is 2. The molecule has 2 aromatic carbocycles. The van der Waals surface area contributed by atoms with Crippen LogP contribution in [-0.2, 0) is 9.59 Å². The molecule has 0 aliphatic heterocycles. The molecule has 3 aromatic rings. The quantitative estimate of drug-likeness (QED) is 0.498. The van der Waals surface area contributed by atoms with Crippen LogP contribution in [0.3, 0.4) is 0 Å². The van der Waals surface area contributed by atoms with Crippen molar-refractivity contribution in [2.45, 2.75) is 11.8 Å². The summed E-state index contributed by atoms with van der Waals surface area (Å²) in [5.41, 5.74) is 2.22. The Kier molecular flexibility index (Phi) is 7.31. The van der Waals surface area contributed by atoms with Crippen LogP contribution in [0.4, 0.5) is 10.8 Å². The number of thioether (sulfide) groups is 1. The predicted octanol–water partition coefficient (Wildman–Crippen LogP) is 4.52. The summed E-state index contributed by atoms with van der Waals surface area (Å²) < 4.78 is 10.7. The Morgan fingerprint density at radius 2 is 1.83 bits per heavy atom. The van der Waals surface area contributed by atoms with E-state index in [9.17, 15) is 9.59 Å². The molecule has 9 heteroatoms. The van der Waals surface area contributed by atoms with Crippen LogP contribution in [0.1, 0.15) is 6.92 Å². The van der Waals surface area contributed by atoms with Gasteiger partial charge in [-0.2, -0.15) is 0 Å². The van der Waals surface area contributed by atoms with E-state index in [0.717, 1.165) is 16.1 Å². The van der Waals surface area contributed by atoms with Gasteiger partial charge < -0.3 is 20.1 Å². The lowest BCUT2D eigenvalue weighted by molar-refractivity contribution is -0.114. The number of anilines is 2. The average molecular weight is 444 g/mol. The zero-order valence-corrected chi connectivity index (χ0v) is 18.4. The first kappa shape index (κ1) is 21.7. The van der Waals surface area contributed by atoms with Crippen molar-refractivity contribution in [3.05, 3.63) is 47.8 Å². The summed E-state index contributed by atoms with van der Waals surface area (Å²) in [6.45, 7) is 1.46. The maximum Gasteiger partial charge on any atom is 0.236 e. The zero-order chi connectivity index (χ0) is 21.5. The first-order chi connectivity index (χ1) is 14.5. The summed E-state index contributed by atoms with van der Waals surface area (Å²) in [4.78, 5) is 28.8. The smallest absolute Gasteiger partial charge is 0.236 e. The fraction of sp³-hybridized carbons (Fsp3) is 0.190. The normalized spacial score (nSPS) is 10.4. The van der Waals surface area contributed by atoms with E-state index in [1.807, 2.05) is 35.7 Å². The van der Waals surface area contributed by atoms with Crippen molar-refractivity contribution in [1.29, 1.82) is 0 Å². The van der Waals surface area contributed by atoms with Crippen molar-refractivity contribution in [2.24, 2.45) is 0 Å². The van der Waals surface area contributed by atoms with Crippen LogP contribution in [0.2, 0.25) is 0 Å². The van der Waals surface area contributed by atoms with Crippen molar-refractivity contribution < 1.29 is 19.1 Å². The van der Waals surface area contributed by atoms with Gasteiger partial charge in [-0.3, -0.25) is 9.59 Å². The number of hydrogen-bond acceptors (Lipinski definition) is 7. The third kappa shape index (κ3) is 5.74. The molecule has 2 N–H and O–H groups in total. The van der Waals surface area contributed by atoms with Gasteiger partial charge in [-0.05, 0) is 42.5 Å². The second-order valence-corrected chi connectivity index (χ2v) is 8.05. The molecule has 0 atom stereocenters. The van der Waals surface area contributed by atoms with Gasteiger partial charge in [0.2, 0.25) is 11.8 Å². The van der Waals surface area contributed by atoms with E-state index < -0.39 is 0 Å². The summed E-state index contributed by atoms with van der Waals surface area (Å²) in [5.74, 6) is 1.35. The highest BCUT2D eigenvalue weighted by atomic mass is 32.2. The molecule has 0 saturated carbocycles. The number of ether oxygens (including phenoxy) is 2. The molecule has 0 fully saturated rings. The highest BCUT2D eigenvalue weighted by Gasteiger charge is 2.13. The van der Waals surface area contributed by atoms with Gasteiger partial charge in [0.05, 0.1) is 25.7 Å². The molecular weight excluding hydrogens is 422 g/mol. The lowest BCUT2D eigenvalue weighted by atomic mass is 10.1. The Balaban J connectivity index is 1.59. The van der Waals surface area contributed by atoms with Crippen LogP contribution in [0, 0.1) is 0 Å². The second kappa shape index (κ2) is 10.1. The molecular formula is C21H21N3O4S2. The van der Waals surface area contributed by atoms with E-state index >= 15 is 0 Å². The van der Waals surface area contributed by atoms with Crippen LogP contribution in [0.5, 0.6) is 11.5 Å². The van der Waals surface area contributed by atoms with Crippen LogP contribution >= 0.6 is 23.1 Å². The van der Waals surface area contributed by atoms with Crippen molar-refractivity contribution in [3.8, 4) is 22.8 Å². The maximum atomic E-state index is 12.3. The van der Waals surface area contributed by atoms with Gasteiger partial charge in [-0.15, -0.1) is 23.1 Å². The van der Waals surface area contributed by atoms with Crippen molar-refractivity contribution in [1.82, 2.24) is 4.98 Å². The average Bonchev–Trinajstić information content (AvgIpc) is 3.20. The minimum Gasteiger partial charge on any atom is -0.497 e. The van der Waals surface area contributed by atoms with Crippen molar-refractivity contribution in [2.75, 3.05) is 30.6 Å². The number of benzene rings is 2. The monoisotopic (exact) mass is 443 g/mol. The number of thiazole rings is 1. The number of carbonyl (C=O) groups is 2. The first-order valence-corrected chi connectivity index (χ1v) is 10.8. The topological polar surface area (TPSA) is 89.5 Å². The Labute approximate surface area is 182 Å². The van der Waals surface area contributed by atoms with Crippen LogP contribution in [-0.4, -0.2) is 36.8 Å². The van der Waals surface area contributed by atoms with E-state index in [2.05, 4.69) is 15.6 Å². The molecule has 3 rings (SSSR count). The molecule has 2 amide bonds. The van der Waals surface area contributed by atoms with Gasteiger partial charge in [0.25, 0.3) is 0 Å². The molecule has 0 spiro atoms. The fourth-order valence-corrected chi connectivity index (χ4v) is 4.04. The summed E-state index contributed by atoms with van der Waals surface area (Å²) >= 11 is 2.75. The lowest BCUT2D eigenvalue weighted by Crippen LogP contribution is -2.13. The van der Waals surface area contributed by atoms with E-state index in [1.54, 1.807) is 26.4 Å². The van der Waals surface area contributed by atoms with Gasteiger partial charge in [-0.1, -0.05) is 0 Å². The van der Waals surface area contributed by atoms with E-state index in [0.29, 0.717) is 22.3 Å². The Morgan fingerprint density at radius 1 is 1.07 bits per heavy atom. The van der Waals surface area contributed by atoms with Crippen molar-refractivity contribution in [3.63, 3.8) is 0 Å². The van der Waals surface area contributed by atoms with Crippen LogP contribution < -0.4 is 20.1 Å². The van der Waals surface area contributed by atoms with Gasteiger partial charge in [0.15, 0.2) is 5.13 Å². The molecule has 1 aromatic heterocycles. The van der Waals surface area contributed by atoms with E-state index in [-0.39, 0.29) is 17.6 Å². The minimum absolute atomic E-state index is 0.121. The molecule has 30 heavy (non-hydrogen) atoms. The summed E-state index contributed by atoms with van der Waals surface area (Å²) in [7, 11) is 3.20. The minimum atomic E-state index is -0.149. The maximum absolute atomic E-state index is 12.3. The lowest BCUT2D eigenvalue weighted by Gasteiger charge is -2.08. The Hall–Kier alpha value is -3.04. The fourth-order valence-electron chi connectivity index (χ4n) is 2.61. The number of hydrogen-bond donors (Lipinski definition) is 2. The molecule has 0 aliphatic carbocycles. The third-order valence-corrected chi connectivity index (χ3v) is 5.75. The van der Waals surface area contributed by atoms with E-state index in [1.165, 1.54) is 30.0 Å². The highest BCUT2D eigenvalue weighted by Crippen LogP contribution is 2.35. The molecule has 0 unspecified atom stereocenters. The standard InChI is InChI=1S/C21H21N3O4S2/c1-13(25)22-14-4-7-16(8-5-14)29-12-20(26)24-21-23-18(11-30-21)17-10-15(27-2)6-9-19(17)28-3/h4-11H,12H2,1-3H3,(H,22,25)(H,23,24,26). The largest absolute Gasteiger partial charge is 0.497 e. The first-order valence-electron chi connectivity index (χ1n) is 8.96. The van der Waals surface area contributed by atoms with Gasteiger partial charge >= 0.3 is 0 Å². The van der Waals surface area contributed by atoms with E-state index in [4.69, 9.17) is 9.47 Å². The zero-order valence-electron chi connectivity index (χ0n) is 16.7. The Morgan fingerprint density at radius 3 is 2.50 bits per heavy atom.